The smallest absolute Gasteiger partial charge is 0.0373 e. The molecule has 2 aliphatic heterocycles. The van der Waals surface area contributed by atoms with Crippen molar-refractivity contribution in [3.05, 3.63) is 42.5 Å². The van der Waals surface area contributed by atoms with E-state index >= 15 is 0 Å². The Kier molecular flexibility index (Phi) is 3.12. The van der Waals surface area contributed by atoms with Crippen molar-refractivity contribution in [1.82, 2.24) is 4.90 Å². The second-order valence-corrected chi connectivity index (χ2v) is 6.16. The molecule has 2 nitrogen and oxygen atoms in total. The Labute approximate surface area is 121 Å². The van der Waals surface area contributed by atoms with Gasteiger partial charge in [-0.3, -0.25) is 4.90 Å². The van der Waals surface area contributed by atoms with Crippen molar-refractivity contribution in [2.45, 2.75) is 25.3 Å². The van der Waals surface area contributed by atoms with Crippen molar-refractivity contribution >= 4 is 16.5 Å². The summed E-state index contributed by atoms with van der Waals surface area (Å²) in [6.07, 6.45) is 4.18. The lowest BCUT2D eigenvalue weighted by Crippen LogP contribution is -2.54. The molecule has 0 aliphatic carbocycles. The van der Waals surface area contributed by atoms with E-state index < -0.39 is 0 Å². The summed E-state index contributed by atoms with van der Waals surface area (Å²) in [7, 11) is 0. The molecule has 2 fully saturated rings. The highest BCUT2D eigenvalue weighted by Gasteiger charge is 2.28. The molecule has 2 aromatic carbocycles. The minimum Gasteiger partial charge on any atom is -0.369 e. The molecule has 0 spiro atoms. The lowest BCUT2D eigenvalue weighted by molar-refractivity contribution is 0.133. The summed E-state index contributed by atoms with van der Waals surface area (Å²) in [5.74, 6) is 0. The first-order chi connectivity index (χ1) is 9.90. The average Bonchev–Trinajstić information content (AvgIpc) is 2.54. The monoisotopic (exact) mass is 266 g/mol. The molecule has 0 saturated carbocycles. The summed E-state index contributed by atoms with van der Waals surface area (Å²) in [6, 6.07) is 16.3. The van der Waals surface area contributed by atoms with Crippen molar-refractivity contribution < 1.29 is 0 Å². The van der Waals surface area contributed by atoms with Gasteiger partial charge in [0.15, 0.2) is 0 Å². The predicted molar refractivity (Wildman–Crippen MR) is 85.4 cm³/mol. The van der Waals surface area contributed by atoms with Crippen LogP contribution in [-0.4, -0.2) is 37.1 Å². The Morgan fingerprint density at radius 1 is 0.850 bits per heavy atom. The number of piperidine rings is 1. The Morgan fingerprint density at radius 3 is 2.70 bits per heavy atom. The molecule has 2 aromatic rings. The first-order valence-corrected chi connectivity index (χ1v) is 7.88. The van der Waals surface area contributed by atoms with Crippen LogP contribution in [0.4, 0.5) is 5.69 Å². The van der Waals surface area contributed by atoms with Crippen molar-refractivity contribution in [3.63, 3.8) is 0 Å². The van der Waals surface area contributed by atoms with E-state index in [1.165, 1.54) is 61.9 Å². The number of nitrogens with zero attached hydrogens (tertiary/aromatic N) is 2. The Bertz CT molecular complexity index is 607. The van der Waals surface area contributed by atoms with E-state index in [4.69, 9.17) is 0 Å². The van der Waals surface area contributed by atoms with Gasteiger partial charge in [0.25, 0.3) is 0 Å². The van der Waals surface area contributed by atoms with E-state index in [0.717, 1.165) is 6.04 Å². The van der Waals surface area contributed by atoms with Crippen molar-refractivity contribution in [2.24, 2.45) is 0 Å². The van der Waals surface area contributed by atoms with Crippen molar-refractivity contribution in [1.29, 1.82) is 0 Å². The molecular weight excluding hydrogens is 244 g/mol. The van der Waals surface area contributed by atoms with Crippen LogP contribution in [-0.2, 0) is 0 Å². The molecule has 4 rings (SSSR count). The molecule has 2 saturated heterocycles. The van der Waals surface area contributed by atoms with Crippen molar-refractivity contribution in [3.8, 4) is 0 Å². The quantitative estimate of drug-likeness (QED) is 0.779. The van der Waals surface area contributed by atoms with Gasteiger partial charge in [-0.25, -0.2) is 0 Å². The van der Waals surface area contributed by atoms with Gasteiger partial charge in [0.05, 0.1) is 0 Å². The molecule has 0 aromatic heterocycles. The first kappa shape index (κ1) is 12.2. The highest BCUT2D eigenvalue weighted by molar-refractivity contribution is 5.85. The minimum atomic E-state index is 0.781. The van der Waals surface area contributed by atoms with Crippen molar-refractivity contribution in [2.75, 3.05) is 31.1 Å². The Balaban J connectivity index is 1.59. The van der Waals surface area contributed by atoms with Crippen LogP contribution < -0.4 is 4.90 Å². The Morgan fingerprint density at radius 2 is 1.75 bits per heavy atom. The molecule has 0 bridgehead atoms. The number of piperazine rings is 1. The van der Waals surface area contributed by atoms with Crippen LogP contribution in [0.25, 0.3) is 10.8 Å². The SMILES string of the molecule is c1ccc2cc(N3CCN4CCCCC4C3)ccc2c1. The fourth-order valence-corrected chi connectivity index (χ4v) is 3.76. The van der Waals surface area contributed by atoms with Crippen LogP contribution in [0.15, 0.2) is 42.5 Å². The molecule has 2 aliphatic rings. The van der Waals surface area contributed by atoms with Crippen LogP contribution >= 0.6 is 0 Å². The van der Waals surface area contributed by atoms with Gasteiger partial charge in [0.2, 0.25) is 0 Å². The van der Waals surface area contributed by atoms with Gasteiger partial charge in [-0.05, 0) is 42.3 Å². The maximum atomic E-state index is 2.70. The number of hydrogen-bond acceptors (Lipinski definition) is 2. The molecule has 0 amide bonds. The van der Waals surface area contributed by atoms with E-state index in [2.05, 4.69) is 52.3 Å². The summed E-state index contributed by atoms with van der Waals surface area (Å²) in [6.45, 7) is 4.93. The van der Waals surface area contributed by atoms with E-state index in [9.17, 15) is 0 Å². The second kappa shape index (κ2) is 5.10. The molecule has 0 N–H and O–H groups in total. The van der Waals surface area contributed by atoms with Crippen LogP contribution in [0.1, 0.15) is 19.3 Å². The fourth-order valence-electron chi connectivity index (χ4n) is 3.76. The molecule has 1 atom stereocenters. The van der Waals surface area contributed by atoms with Gasteiger partial charge in [0.1, 0.15) is 0 Å². The molecule has 20 heavy (non-hydrogen) atoms. The fraction of sp³-hybridized carbons (Fsp3) is 0.444. The topological polar surface area (TPSA) is 6.48 Å². The lowest BCUT2D eigenvalue weighted by Gasteiger charge is -2.45. The van der Waals surface area contributed by atoms with Crippen LogP contribution in [0.2, 0.25) is 0 Å². The maximum absolute atomic E-state index is 2.70. The number of hydrogen-bond donors (Lipinski definition) is 0. The normalized spacial score (nSPS) is 23.8. The zero-order valence-electron chi connectivity index (χ0n) is 12.0. The molecule has 0 radical (unpaired) electrons. The highest BCUT2D eigenvalue weighted by Crippen LogP contribution is 2.27. The first-order valence-electron chi connectivity index (χ1n) is 7.88. The molecular formula is C18H22N2. The molecule has 1 unspecified atom stereocenters. The van der Waals surface area contributed by atoms with Gasteiger partial charge in [-0.1, -0.05) is 36.8 Å². The third kappa shape index (κ3) is 2.18. The summed E-state index contributed by atoms with van der Waals surface area (Å²) in [5.41, 5.74) is 1.40. The maximum Gasteiger partial charge on any atom is 0.0373 e. The number of fused-ring (bicyclic) bond motifs is 2. The average molecular weight is 266 g/mol. The summed E-state index contributed by atoms with van der Waals surface area (Å²) >= 11 is 0. The predicted octanol–water partition coefficient (Wildman–Crippen LogP) is 3.51. The van der Waals surface area contributed by atoms with Gasteiger partial charge < -0.3 is 4.90 Å². The minimum absolute atomic E-state index is 0.781. The van der Waals surface area contributed by atoms with Gasteiger partial charge in [0, 0.05) is 31.4 Å². The van der Waals surface area contributed by atoms with Gasteiger partial charge in [-0.2, -0.15) is 0 Å². The lowest BCUT2D eigenvalue weighted by atomic mass is 9.99. The second-order valence-electron chi connectivity index (χ2n) is 6.16. The summed E-state index contributed by atoms with van der Waals surface area (Å²) < 4.78 is 0. The summed E-state index contributed by atoms with van der Waals surface area (Å²) in [5, 5.41) is 2.70. The molecule has 2 heterocycles. The Hall–Kier alpha value is -1.54. The molecule has 2 heteroatoms. The zero-order chi connectivity index (χ0) is 13.4. The van der Waals surface area contributed by atoms with E-state index in [1.54, 1.807) is 0 Å². The van der Waals surface area contributed by atoms with Crippen LogP contribution in [0, 0.1) is 0 Å². The van der Waals surface area contributed by atoms with Gasteiger partial charge >= 0.3 is 0 Å². The standard InChI is InChI=1S/C18H22N2/c1-2-6-16-13-17(9-8-15(16)5-1)20-12-11-19-10-4-3-7-18(19)14-20/h1-2,5-6,8-9,13,18H,3-4,7,10-12,14H2. The highest BCUT2D eigenvalue weighted by atomic mass is 15.3. The number of anilines is 1. The number of rotatable bonds is 1. The van der Waals surface area contributed by atoms with E-state index in [0.29, 0.717) is 0 Å². The van der Waals surface area contributed by atoms with E-state index in [1.807, 2.05) is 0 Å². The number of benzene rings is 2. The van der Waals surface area contributed by atoms with Crippen LogP contribution in [0.5, 0.6) is 0 Å². The van der Waals surface area contributed by atoms with Gasteiger partial charge in [-0.15, -0.1) is 0 Å². The summed E-state index contributed by atoms with van der Waals surface area (Å²) in [4.78, 5) is 5.28. The third-order valence-corrected chi connectivity index (χ3v) is 4.94. The zero-order valence-corrected chi connectivity index (χ0v) is 12.0. The third-order valence-electron chi connectivity index (χ3n) is 4.94. The van der Waals surface area contributed by atoms with Crippen LogP contribution in [0.3, 0.4) is 0 Å². The largest absolute Gasteiger partial charge is 0.369 e. The van der Waals surface area contributed by atoms with E-state index in [-0.39, 0.29) is 0 Å². The molecule has 104 valence electrons.